The number of ether oxygens (including phenoxy) is 2. The van der Waals surface area contributed by atoms with Crippen molar-refractivity contribution in [1.29, 1.82) is 0 Å². The number of fused-ring (bicyclic) bond motifs is 1. The van der Waals surface area contributed by atoms with Gasteiger partial charge >= 0.3 is 11.9 Å². The first-order valence-electron chi connectivity index (χ1n) is 16.7. The highest BCUT2D eigenvalue weighted by atomic mass is 16.6. The maximum Gasteiger partial charge on any atom is 0.338 e. The average molecular weight is 599 g/mol. The van der Waals surface area contributed by atoms with Crippen LogP contribution in [0.3, 0.4) is 0 Å². The number of hydrogen-bond donors (Lipinski definition) is 2. The molecule has 7 heteroatoms. The standard InChI is InChI=1S/C34H48O7.C2H6/c1-19-10-13-33(17-27(19)40-31(39)28-21(3)30(38)41-34(28)11-8-7-9-12-34)20(2)14-25-26(32(25,5)6)16-23(29(33)37)15-24(18-35)22(4)36;1-2/h10,13,15,19-20,22-23,25-27,35-36H,7-9,11-12,14,16-18H2,1-6H3;1-2H3/b24-15-;/t19?,20-,22?,23?,25?,26+,27?,33?;/m1./s1. The number of aliphatic hydroxyl groups excluding tert-OH is 2. The zero-order chi connectivity index (χ0) is 31.9. The van der Waals surface area contributed by atoms with Gasteiger partial charge in [0.25, 0.3) is 0 Å². The third kappa shape index (κ3) is 5.93. The molecule has 7 nitrogen and oxygen atoms in total. The first-order valence-corrected chi connectivity index (χ1v) is 16.7. The minimum atomic E-state index is -0.893. The largest absolute Gasteiger partial charge is 0.458 e. The second kappa shape index (κ2) is 12.6. The maximum absolute atomic E-state index is 14.6. The first-order chi connectivity index (χ1) is 20.3. The molecule has 0 amide bonds. The normalized spacial score (nSPS) is 37.1. The van der Waals surface area contributed by atoms with Crippen LogP contribution >= 0.6 is 0 Å². The van der Waals surface area contributed by atoms with Crippen LogP contribution in [0.1, 0.15) is 107 Å². The van der Waals surface area contributed by atoms with Gasteiger partial charge in [0, 0.05) is 23.8 Å². The Bertz CT molecular complexity index is 1180. The summed E-state index contributed by atoms with van der Waals surface area (Å²) in [7, 11) is 0. The van der Waals surface area contributed by atoms with E-state index in [9.17, 15) is 24.6 Å². The summed E-state index contributed by atoms with van der Waals surface area (Å²) in [5.41, 5.74) is -0.443. The van der Waals surface area contributed by atoms with E-state index in [2.05, 4.69) is 26.8 Å². The number of Topliss-reactive ketones (excluding diaryl/α,β-unsaturated/α-hetero) is 1. The Kier molecular flexibility index (Phi) is 9.88. The van der Waals surface area contributed by atoms with Crippen LogP contribution in [0.15, 0.2) is 34.9 Å². The molecule has 6 unspecified atom stereocenters. The van der Waals surface area contributed by atoms with Crippen molar-refractivity contribution in [2.75, 3.05) is 6.61 Å². The van der Waals surface area contributed by atoms with E-state index in [0.29, 0.717) is 54.2 Å². The van der Waals surface area contributed by atoms with Gasteiger partial charge in [0.15, 0.2) is 0 Å². The summed E-state index contributed by atoms with van der Waals surface area (Å²) in [6.45, 7) is 15.6. The number of carbonyl (C=O) groups is 3. The van der Waals surface area contributed by atoms with Crippen LogP contribution in [-0.2, 0) is 23.9 Å². The van der Waals surface area contributed by atoms with Crippen molar-refractivity contribution < 1.29 is 34.1 Å². The Morgan fingerprint density at radius 3 is 2.35 bits per heavy atom. The molecule has 240 valence electrons. The van der Waals surface area contributed by atoms with Gasteiger partial charge in [-0.3, -0.25) is 4.79 Å². The molecule has 0 aromatic rings. The number of rotatable bonds is 5. The summed E-state index contributed by atoms with van der Waals surface area (Å²) in [5.74, 6) is -0.503. The molecule has 1 heterocycles. The zero-order valence-electron chi connectivity index (χ0n) is 27.6. The molecule has 2 N–H and O–H groups in total. The van der Waals surface area contributed by atoms with Crippen molar-refractivity contribution in [1.82, 2.24) is 0 Å². The first kappa shape index (κ1) is 33.6. The van der Waals surface area contributed by atoms with Gasteiger partial charge in [-0.25, -0.2) is 9.59 Å². The van der Waals surface area contributed by atoms with Gasteiger partial charge in [-0.05, 0) is 81.1 Å². The molecule has 4 aliphatic carbocycles. The van der Waals surface area contributed by atoms with Gasteiger partial charge in [-0.15, -0.1) is 0 Å². The van der Waals surface area contributed by atoms with Gasteiger partial charge in [-0.2, -0.15) is 0 Å². The molecule has 5 aliphatic rings. The molecule has 3 fully saturated rings. The molecule has 0 radical (unpaired) electrons. The molecule has 3 saturated carbocycles. The Labute approximate surface area is 258 Å². The number of aliphatic hydroxyl groups is 2. The molecule has 8 atom stereocenters. The van der Waals surface area contributed by atoms with E-state index in [0.717, 1.165) is 25.7 Å². The van der Waals surface area contributed by atoms with Gasteiger partial charge < -0.3 is 19.7 Å². The summed E-state index contributed by atoms with van der Waals surface area (Å²) in [4.78, 5) is 41.0. The van der Waals surface area contributed by atoms with Crippen molar-refractivity contribution >= 4 is 17.7 Å². The summed E-state index contributed by atoms with van der Waals surface area (Å²) in [6, 6.07) is 0. The van der Waals surface area contributed by atoms with E-state index in [1.54, 1.807) is 19.9 Å². The van der Waals surface area contributed by atoms with E-state index in [1.165, 1.54) is 0 Å². The fourth-order valence-corrected chi connectivity index (χ4v) is 8.57. The Morgan fingerprint density at radius 1 is 1.12 bits per heavy atom. The molecule has 0 saturated heterocycles. The minimum Gasteiger partial charge on any atom is -0.458 e. The van der Waals surface area contributed by atoms with E-state index >= 15 is 0 Å². The summed E-state index contributed by atoms with van der Waals surface area (Å²) < 4.78 is 12.1. The lowest BCUT2D eigenvalue weighted by Crippen LogP contribution is -2.48. The van der Waals surface area contributed by atoms with Crippen molar-refractivity contribution in [3.63, 3.8) is 0 Å². The van der Waals surface area contributed by atoms with Crippen LogP contribution in [0, 0.1) is 40.4 Å². The second-order valence-corrected chi connectivity index (χ2v) is 14.3. The van der Waals surface area contributed by atoms with Crippen molar-refractivity contribution in [3.8, 4) is 0 Å². The molecule has 5 rings (SSSR count). The van der Waals surface area contributed by atoms with E-state index in [1.807, 2.05) is 26.8 Å². The van der Waals surface area contributed by atoms with Gasteiger partial charge in [-0.1, -0.05) is 66.2 Å². The van der Waals surface area contributed by atoms with Gasteiger partial charge in [0.05, 0.1) is 23.7 Å². The third-order valence-corrected chi connectivity index (χ3v) is 11.6. The van der Waals surface area contributed by atoms with Crippen LogP contribution in [0.5, 0.6) is 0 Å². The highest BCUT2D eigenvalue weighted by Gasteiger charge is 2.62. The number of ketones is 1. The molecular formula is C36H54O7. The van der Waals surface area contributed by atoms with Crippen LogP contribution in [0.2, 0.25) is 0 Å². The summed E-state index contributed by atoms with van der Waals surface area (Å²) in [5, 5.41) is 20.2. The van der Waals surface area contributed by atoms with Crippen LogP contribution < -0.4 is 0 Å². The predicted octanol–water partition coefficient (Wildman–Crippen LogP) is 6.27. The quantitative estimate of drug-likeness (QED) is 0.284. The van der Waals surface area contributed by atoms with Crippen molar-refractivity contribution in [2.24, 2.45) is 40.4 Å². The van der Waals surface area contributed by atoms with Crippen molar-refractivity contribution in [3.05, 3.63) is 34.9 Å². The average Bonchev–Trinajstić information content (AvgIpc) is 3.37. The molecule has 0 aromatic heterocycles. The number of esters is 2. The van der Waals surface area contributed by atoms with Gasteiger partial charge in [0.2, 0.25) is 0 Å². The summed E-state index contributed by atoms with van der Waals surface area (Å²) in [6.07, 6.45) is 10.6. The van der Waals surface area contributed by atoms with Crippen LogP contribution in [-0.4, -0.2) is 52.4 Å². The molecule has 43 heavy (non-hydrogen) atoms. The fraction of sp³-hybridized carbons (Fsp3) is 0.750. The van der Waals surface area contributed by atoms with E-state index in [-0.39, 0.29) is 29.6 Å². The van der Waals surface area contributed by atoms with E-state index < -0.39 is 41.1 Å². The van der Waals surface area contributed by atoms with Crippen LogP contribution in [0.4, 0.5) is 0 Å². The topological polar surface area (TPSA) is 110 Å². The number of allylic oxidation sites excluding steroid dienone is 2. The minimum absolute atomic E-state index is 0.0246. The molecule has 0 bridgehead atoms. The number of hydrogen-bond acceptors (Lipinski definition) is 7. The lowest BCUT2D eigenvalue weighted by molar-refractivity contribution is -0.157. The summed E-state index contributed by atoms with van der Waals surface area (Å²) >= 11 is 0. The molecular weight excluding hydrogens is 544 g/mol. The molecule has 1 aliphatic heterocycles. The number of carbonyl (C=O) groups excluding carboxylic acids is 3. The van der Waals surface area contributed by atoms with E-state index in [4.69, 9.17) is 9.47 Å². The Balaban J connectivity index is 0.00000207. The second-order valence-electron chi connectivity index (χ2n) is 14.3. The monoisotopic (exact) mass is 598 g/mol. The Morgan fingerprint density at radius 2 is 1.74 bits per heavy atom. The highest BCUT2D eigenvalue weighted by Crippen LogP contribution is 2.66. The lowest BCUT2D eigenvalue weighted by atomic mass is 9.60. The third-order valence-electron chi connectivity index (χ3n) is 11.6. The molecule has 0 aromatic carbocycles. The van der Waals surface area contributed by atoms with Gasteiger partial charge in [0.1, 0.15) is 17.5 Å². The Hall–Kier alpha value is -2.25. The van der Waals surface area contributed by atoms with Crippen molar-refractivity contribution in [2.45, 2.75) is 125 Å². The highest BCUT2D eigenvalue weighted by molar-refractivity contribution is 6.05. The SMILES string of the molecule is CC.CC1=C(C(=O)OC2CC3(C=CC2C)C(=O)C(/C=C(/CO)C(C)O)C[C@H]2C(C[C@H]3C)C2(C)C)C2(CCCCC2)OC1=O. The fourth-order valence-electron chi connectivity index (χ4n) is 8.57. The zero-order valence-corrected chi connectivity index (χ0v) is 27.6. The maximum atomic E-state index is 14.6. The smallest absolute Gasteiger partial charge is 0.338 e. The molecule has 2 spiro atoms. The van der Waals surface area contributed by atoms with Crippen LogP contribution in [0.25, 0.3) is 0 Å². The lowest BCUT2D eigenvalue weighted by Gasteiger charge is -2.45. The predicted molar refractivity (Wildman–Crippen MR) is 166 cm³/mol.